The number of alkyl halides is 3. The number of β-amino-alcohol motifs (C(OH)–C–C–N with tert-alkyl or cyclic N) is 2. The number of aliphatic hydroxyl groups excluding tert-OH is 3. The van der Waals surface area contributed by atoms with E-state index >= 15 is 0 Å². The normalized spacial score (nSPS) is 31.5. The molecule has 2 saturated heterocycles. The molecular weight excluding hydrogens is 339 g/mol. The van der Waals surface area contributed by atoms with Gasteiger partial charge in [-0.2, -0.15) is 13.2 Å². The summed E-state index contributed by atoms with van der Waals surface area (Å²) < 4.78 is 37.8. The fourth-order valence-electron chi connectivity index (χ4n) is 3.52. The second-order valence-electron chi connectivity index (χ2n) is 6.85. The first kappa shape index (κ1) is 18.4. The lowest BCUT2D eigenvalue weighted by Crippen LogP contribution is -2.56. The van der Waals surface area contributed by atoms with Crippen molar-refractivity contribution in [1.82, 2.24) is 9.88 Å². The average Bonchev–Trinajstić information content (AvgIpc) is 3.00. The van der Waals surface area contributed by atoms with E-state index in [0.717, 1.165) is 18.7 Å². The largest absolute Gasteiger partial charge is 0.417 e. The molecule has 0 radical (unpaired) electrons. The Labute approximate surface area is 143 Å². The van der Waals surface area contributed by atoms with Crippen LogP contribution in [0.15, 0.2) is 18.3 Å². The third kappa shape index (κ3) is 4.22. The van der Waals surface area contributed by atoms with Crippen LogP contribution >= 0.6 is 0 Å². The van der Waals surface area contributed by atoms with Crippen LogP contribution < -0.4 is 4.90 Å². The van der Waals surface area contributed by atoms with Crippen molar-refractivity contribution in [3.05, 3.63) is 23.9 Å². The van der Waals surface area contributed by atoms with E-state index in [1.165, 1.54) is 6.07 Å². The number of rotatable bonds is 3. The molecule has 6 nitrogen and oxygen atoms in total. The Morgan fingerprint density at radius 1 is 1.08 bits per heavy atom. The molecule has 140 valence electrons. The van der Waals surface area contributed by atoms with Gasteiger partial charge >= 0.3 is 6.18 Å². The van der Waals surface area contributed by atoms with Crippen LogP contribution in [0, 0.1) is 5.92 Å². The van der Waals surface area contributed by atoms with Gasteiger partial charge in [-0.3, -0.25) is 4.90 Å². The highest BCUT2D eigenvalue weighted by molar-refractivity contribution is 5.41. The molecule has 0 aromatic carbocycles. The molecule has 0 unspecified atom stereocenters. The first-order valence-corrected chi connectivity index (χ1v) is 8.29. The summed E-state index contributed by atoms with van der Waals surface area (Å²) in [6, 6.07) is 2.42. The van der Waals surface area contributed by atoms with Crippen molar-refractivity contribution in [3.8, 4) is 0 Å². The van der Waals surface area contributed by atoms with Gasteiger partial charge in [0.25, 0.3) is 0 Å². The van der Waals surface area contributed by atoms with Crippen LogP contribution in [0.4, 0.5) is 19.0 Å². The summed E-state index contributed by atoms with van der Waals surface area (Å²) in [5.41, 5.74) is -0.762. The molecule has 9 heteroatoms. The topological polar surface area (TPSA) is 80.1 Å². The lowest BCUT2D eigenvalue weighted by atomic mass is 10.00. The molecule has 0 spiro atoms. The Bertz CT molecular complexity index is 572. The highest BCUT2D eigenvalue weighted by Crippen LogP contribution is 2.30. The van der Waals surface area contributed by atoms with Crippen molar-refractivity contribution < 1.29 is 28.5 Å². The Kier molecular flexibility index (Phi) is 5.19. The van der Waals surface area contributed by atoms with Gasteiger partial charge in [0, 0.05) is 38.9 Å². The third-order valence-corrected chi connectivity index (χ3v) is 4.88. The predicted octanol–water partition coefficient (Wildman–Crippen LogP) is 0.325. The first-order chi connectivity index (χ1) is 11.7. The van der Waals surface area contributed by atoms with Gasteiger partial charge in [0.05, 0.1) is 17.8 Å². The van der Waals surface area contributed by atoms with E-state index in [1.807, 2.05) is 9.80 Å². The zero-order chi connectivity index (χ0) is 18.2. The van der Waals surface area contributed by atoms with Crippen molar-refractivity contribution in [1.29, 1.82) is 0 Å². The molecule has 1 aromatic rings. The van der Waals surface area contributed by atoms with Gasteiger partial charge in [0.15, 0.2) is 0 Å². The SMILES string of the molecule is O[C@H]1[C@H](O)CN(C[C@@H]2CCN(c3ccc(C(F)(F)F)cn3)C2)C[C@@H]1O. The molecule has 1 aromatic heterocycles. The van der Waals surface area contributed by atoms with Gasteiger partial charge < -0.3 is 20.2 Å². The highest BCUT2D eigenvalue weighted by Gasteiger charge is 2.35. The highest BCUT2D eigenvalue weighted by atomic mass is 19.4. The number of halogens is 3. The summed E-state index contributed by atoms with van der Waals surface area (Å²) >= 11 is 0. The fourth-order valence-corrected chi connectivity index (χ4v) is 3.52. The molecule has 2 aliphatic rings. The standard InChI is InChI=1S/C16H22F3N3O3/c17-16(18,19)11-1-2-14(20-5-11)22-4-3-10(7-22)6-21-8-12(23)15(25)13(24)9-21/h1-2,5,10,12-13,15,23-25H,3-4,6-9H2/t10-,12-,13+,15+/m0/s1. The van der Waals surface area contributed by atoms with E-state index in [4.69, 9.17) is 0 Å². The third-order valence-electron chi connectivity index (χ3n) is 4.88. The second kappa shape index (κ2) is 7.06. The second-order valence-corrected chi connectivity index (χ2v) is 6.85. The van der Waals surface area contributed by atoms with Gasteiger partial charge in [0.2, 0.25) is 0 Å². The molecule has 0 aliphatic carbocycles. The molecule has 4 atom stereocenters. The van der Waals surface area contributed by atoms with Crippen molar-refractivity contribution in [2.45, 2.75) is 30.9 Å². The molecule has 2 fully saturated rings. The molecule has 0 amide bonds. The summed E-state index contributed by atoms with van der Waals surface area (Å²) in [7, 11) is 0. The number of likely N-dealkylation sites (tertiary alicyclic amines) is 1. The minimum Gasteiger partial charge on any atom is -0.389 e. The summed E-state index contributed by atoms with van der Waals surface area (Å²) in [6.45, 7) is 2.60. The minimum absolute atomic E-state index is 0.263. The Balaban J connectivity index is 1.55. The fraction of sp³-hybridized carbons (Fsp3) is 0.688. The van der Waals surface area contributed by atoms with Gasteiger partial charge in [-0.05, 0) is 24.5 Å². The monoisotopic (exact) mass is 361 g/mol. The van der Waals surface area contributed by atoms with E-state index in [-0.39, 0.29) is 5.92 Å². The lowest BCUT2D eigenvalue weighted by molar-refractivity contribution is -0.137. The maximum atomic E-state index is 12.6. The summed E-state index contributed by atoms with van der Waals surface area (Å²) in [4.78, 5) is 7.78. The van der Waals surface area contributed by atoms with Crippen LogP contribution in [-0.4, -0.2) is 76.2 Å². The maximum Gasteiger partial charge on any atom is 0.417 e. The number of anilines is 1. The minimum atomic E-state index is -4.39. The number of hydrogen-bond acceptors (Lipinski definition) is 6. The van der Waals surface area contributed by atoms with Crippen LogP contribution in [0.5, 0.6) is 0 Å². The number of hydrogen-bond donors (Lipinski definition) is 3. The van der Waals surface area contributed by atoms with Crippen LogP contribution in [0.2, 0.25) is 0 Å². The van der Waals surface area contributed by atoms with Gasteiger partial charge in [-0.1, -0.05) is 0 Å². The van der Waals surface area contributed by atoms with E-state index in [0.29, 0.717) is 38.5 Å². The molecule has 3 rings (SSSR count). The van der Waals surface area contributed by atoms with Crippen molar-refractivity contribution in [2.75, 3.05) is 37.6 Å². The predicted molar refractivity (Wildman–Crippen MR) is 84.0 cm³/mol. The van der Waals surface area contributed by atoms with Gasteiger partial charge in [-0.25, -0.2) is 4.98 Å². The molecule has 3 heterocycles. The van der Waals surface area contributed by atoms with E-state index in [9.17, 15) is 28.5 Å². The molecular formula is C16H22F3N3O3. The summed E-state index contributed by atoms with van der Waals surface area (Å²) in [6.07, 6.45) is -5.75. The zero-order valence-electron chi connectivity index (χ0n) is 13.6. The molecule has 3 N–H and O–H groups in total. The number of aromatic nitrogens is 1. The number of aliphatic hydroxyl groups is 3. The Morgan fingerprint density at radius 3 is 2.32 bits per heavy atom. The number of pyridine rings is 1. The van der Waals surface area contributed by atoms with Crippen molar-refractivity contribution in [3.63, 3.8) is 0 Å². The molecule has 0 saturated carbocycles. The molecule has 25 heavy (non-hydrogen) atoms. The van der Waals surface area contributed by atoms with E-state index in [1.54, 1.807) is 0 Å². The van der Waals surface area contributed by atoms with E-state index in [2.05, 4.69) is 4.98 Å². The summed E-state index contributed by atoms with van der Waals surface area (Å²) in [5, 5.41) is 29.1. The van der Waals surface area contributed by atoms with Crippen molar-refractivity contribution in [2.24, 2.45) is 5.92 Å². The summed E-state index contributed by atoms with van der Waals surface area (Å²) in [5.74, 6) is 0.781. The maximum absolute atomic E-state index is 12.6. The lowest BCUT2D eigenvalue weighted by Gasteiger charge is -2.37. The zero-order valence-corrected chi connectivity index (χ0v) is 13.6. The van der Waals surface area contributed by atoms with Crippen LogP contribution in [0.3, 0.4) is 0 Å². The number of piperidine rings is 1. The van der Waals surface area contributed by atoms with Crippen LogP contribution in [0.1, 0.15) is 12.0 Å². The van der Waals surface area contributed by atoms with Crippen molar-refractivity contribution >= 4 is 5.82 Å². The smallest absolute Gasteiger partial charge is 0.389 e. The van der Waals surface area contributed by atoms with Crippen LogP contribution in [0.25, 0.3) is 0 Å². The first-order valence-electron chi connectivity index (χ1n) is 8.29. The van der Waals surface area contributed by atoms with E-state index < -0.39 is 30.1 Å². The quantitative estimate of drug-likeness (QED) is 0.720. The Hall–Kier alpha value is -1.42. The molecule has 2 aliphatic heterocycles. The Morgan fingerprint density at radius 2 is 1.76 bits per heavy atom. The van der Waals surface area contributed by atoms with Gasteiger partial charge in [0.1, 0.15) is 11.9 Å². The average molecular weight is 361 g/mol. The number of nitrogens with zero attached hydrogens (tertiary/aromatic N) is 3. The molecule has 0 bridgehead atoms. The van der Waals surface area contributed by atoms with Gasteiger partial charge in [-0.15, -0.1) is 0 Å². The van der Waals surface area contributed by atoms with Crippen LogP contribution in [-0.2, 0) is 6.18 Å².